The summed E-state index contributed by atoms with van der Waals surface area (Å²) in [6.45, 7) is 2.01. The van der Waals surface area contributed by atoms with Crippen LogP contribution in [0.2, 0.25) is 0 Å². The van der Waals surface area contributed by atoms with Crippen LogP contribution in [0.15, 0.2) is 48.7 Å². The SMILES string of the molecule is C[C@H](Cc1cccc(F)c1)C(=O)NCCC(=O)Nc1ccccn1. The first-order valence-electron chi connectivity index (χ1n) is 7.77. The summed E-state index contributed by atoms with van der Waals surface area (Å²) in [5.41, 5.74) is 0.769. The summed E-state index contributed by atoms with van der Waals surface area (Å²) in [5.74, 6) is -0.512. The number of pyridine rings is 1. The van der Waals surface area contributed by atoms with Crippen molar-refractivity contribution in [1.29, 1.82) is 0 Å². The standard InChI is InChI=1S/C18H20FN3O2/c1-13(11-14-5-4-6-15(19)12-14)18(24)21-10-8-17(23)22-16-7-2-3-9-20-16/h2-7,9,12-13H,8,10-11H2,1H3,(H,21,24)(H,20,22,23)/t13-/m1/s1. The van der Waals surface area contributed by atoms with E-state index in [-0.39, 0.29) is 36.5 Å². The van der Waals surface area contributed by atoms with Gasteiger partial charge in [-0.1, -0.05) is 25.1 Å². The largest absolute Gasteiger partial charge is 0.355 e. The number of nitrogens with one attached hydrogen (secondary N) is 2. The summed E-state index contributed by atoms with van der Waals surface area (Å²) >= 11 is 0. The van der Waals surface area contributed by atoms with Gasteiger partial charge in [0.05, 0.1) is 0 Å². The normalized spacial score (nSPS) is 11.6. The van der Waals surface area contributed by atoms with E-state index in [9.17, 15) is 14.0 Å². The molecule has 0 bridgehead atoms. The lowest BCUT2D eigenvalue weighted by atomic mass is 10.0. The van der Waals surface area contributed by atoms with Crippen LogP contribution in [0, 0.1) is 11.7 Å². The van der Waals surface area contributed by atoms with Crippen LogP contribution in [0.5, 0.6) is 0 Å². The van der Waals surface area contributed by atoms with Crippen molar-refractivity contribution < 1.29 is 14.0 Å². The number of aromatic nitrogens is 1. The van der Waals surface area contributed by atoms with Gasteiger partial charge in [0, 0.05) is 25.1 Å². The van der Waals surface area contributed by atoms with Gasteiger partial charge in [-0.15, -0.1) is 0 Å². The average Bonchev–Trinajstić information content (AvgIpc) is 2.55. The molecule has 2 N–H and O–H groups in total. The second-order valence-corrected chi connectivity index (χ2v) is 5.54. The Kier molecular flexibility index (Phi) is 6.42. The first-order valence-corrected chi connectivity index (χ1v) is 7.77. The van der Waals surface area contributed by atoms with Crippen LogP contribution in [0.1, 0.15) is 18.9 Å². The van der Waals surface area contributed by atoms with E-state index in [2.05, 4.69) is 15.6 Å². The molecule has 0 saturated carbocycles. The number of halogens is 1. The number of carbonyl (C=O) groups excluding carboxylic acids is 2. The van der Waals surface area contributed by atoms with Gasteiger partial charge in [0.15, 0.2) is 0 Å². The Morgan fingerprint density at radius 2 is 2.04 bits per heavy atom. The molecule has 0 spiro atoms. The molecule has 6 heteroatoms. The molecule has 1 heterocycles. The zero-order valence-electron chi connectivity index (χ0n) is 13.5. The van der Waals surface area contributed by atoms with E-state index >= 15 is 0 Å². The average molecular weight is 329 g/mol. The lowest BCUT2D eigenvalue weighted by Gasteiger charge is -2.12. The Morgan fingerprint density at radius 3 is 2.75 bits per heavy atom. The van der Waals surface area contributed by atoms with Gasteiger partial charge in [-0.2, -0.15) is 0 Å². The van der Waals surface area contributed by atoms with Crippen molar-refractivity contribution in [2.45, 2.75) is 19.8 Å². The Balaban J connectivity index is 1.71. The molecule has 2 aromatic rings. The van der Waals surface area contributed by atoms with Gasteiger partial charge < -0.3 is 10.6 Å². The van der Waals surface area contributed by atoms with Crippen LogP contribution in [-0.4, -0.2) is 23.3 Å². The Morgan fingerprint density at radius 1 is 1.21 bits per heavy atom. The third-order valence-electron chi connectivity index (χ3n) is 3.46. The lowest BCUT2D eigenvalue weighted by Crippen LogP contribution is -2.32. The van der Waals surface area contributed by atoms with Crippen LogP contribution in [-0.2, 0) is 16.0 Å². The molecule has 5 nitrogen and oxygen atoms in total. The molecule has 2 amide bonds. The number of hydrogen-bond donors (Lipinski definition) is 2. The second-order valence-electron chi connectivity index (χ2n) is 5.54. The van der Waals surface area contributed by atoms with Gasteiger partial charge >= 0.3 is 0 Å². The highest BCUT2D eigenvalue weighted by atomic mass is 19.1. The Labute approximate surface area is 140 Å². The summed E-state index contributed by atoms with van der Waals surface area (Å²) in [6, 6.07) is 11.4. The quantitative estimate of drug-likeness (QED) is 0.820. The molecule has 1 atom stereocenters. The smallest absolute Gasteiger partial charge is 0.227 e. The molecule has 0 unspecified atom stereocenters. The number of anilines is 1. The maximum atomic E-state index is 13.1. The van der Waals surface area contributed by atoms with E-state index in [1.165, 1.54) is 12.1 Å². The lowest BCUT2D eigenvalue weighted by molar-refractivity contribution is -0.124. The van der Waals surface area contributed by atoms with Crippen LogP contribution in [0.25, 0.3) is 0 Å². The van der Waals surface area contributed by atoms with Gasteiger partial charge in [-0.25, -0.2) is 9.37 Å². The van der Waals surface area contributed by atoms with Crippen LogP contribution >= 0.6 is 0 Å². The van der Waals surface area contributed by atoms with Crippen molar-refractivity contribution in [3.8, 4) is 0 Å². The Hall–Kier alpha value is -2.76. The number of nitrogens with zero attached hydrogens (tertiary/aromatic N) is 1. The molecule has 0 aliphatic rings. The molecule has 0 saturated heterocycles. The molecule has 0 radical (unpaired) electrons. The van der Waals surface area contributed by atoms with Crippen LogP contribution in [0.3, 0.4) is 0 Å². The monoisotopic (exact) mass is 329 g/mol. The summed E-state index contributed by atoms with van der Waals surface area (Å²) in [5, 5.41) is 5.37. The van der Waals surface area contributed by atoms with Crippen molar-refractivity contribution in [3.05, 3.63) is 60.0 Å². The highest BCUT2D eigenvalue weighted by Crippen LogP contribution is 2.10. The second kappa shape index (κ2) is 8.76. The van der Waals surface area contributed by atoms with E-state index in [4.69, 9.17) is 0 Å². The number of hydrogen-bond acceptors (Lipinski definition) is 3. The molecular formula is C18H20FN3O2. The number of carbonyl (C=O) groups is 2. The molecule has 1 aromatic carbocycles. The highest BCUT2D eigenvalue weighted by Gasteiger charge is 2.14. The maximum absolute atomic E-state index is 13.1. The fourth-order valence-electron chi connectivity index (χ4n) is 2.23. The van der Waals surface area contributed by atoms with Gasteiger partial charge in [-0.3, -0.25) is 9.59 Å². The zero-order valence-corrected chi connectivity index (χ0v) is 13.5. The fraction of sp³-hybridized carbons (Fsp3) is 0.278. The number of benzene rings is 1. The first kappa shape index (κ1) is 17.6. The van der Waals surface area contributed by atoms with Crippen molar-refractivity contribution in [3.63, 3.8) is 0 Å². The van der Waals surface area contributed by atoms with Crippen molar-refractivity contribution in [2.24, 2.45) is 5.92 Å². The topological polar surface area (TPSA) is 71.1 Å². The molecule has 24 heavy (non-hydrogen) atoms. The predicted octanol–water partition coefficient (Wildman–Crippen LogP) is 2.54. The number of rotatable bonds is 7. The minimum Gasteiger partial charge on any atom is -0.355 e. The Bertz CT molecular complexity index is 692. The predicted molar refractivity (Wildman–Crippen MR) is 89.8 cm³/mol. The van der Waals surface area contributed by atoms with E-state index in [1.54, 1.807) is 43.5 Å². The van der Waals surface area contributed by atoms with Gasteiger partial charge in [-0.05, 0) is 36.2 Å². The fourth-order valence-corrected chi connectivity index (χ4v) is 2.23. The van der Waals surface area contributed by atoms with Gasteiger partial charge in [0.2, 0.25) is 11.8 Å². The molecule has 2 rings (SSSR count). The van der Waals surface area contributed by atoms with Crippen LogP contribution < -0.4 is 10.6 Å². The summed E-state index contributed by atoms with van der Waals surface area (Å²) in [6.07, 6.45) is 2.20. The van der Waals surface area contributed by atoms with Gasteiger partial charge in [0.1, 0.15) is 11.6 Å². The zero-order chi connectivity index (χ0) is 17.4. The molecule has 0 aliphatic carbocycles. The summed E-state index contributed by atoms with van der Waals surface area (Å²) in [7, 11) is 0. The molecule has 126 valence electrons. The van der Waals surface area contributed by atoms with E-state index in [1.807, 2.05) is 0 Å². The molecule has 1 aromatic heterocycles. The minimum atomic E-state index is -0.314. The van der Waals surface area contributed by atoms with E-state index in [0.29, 0.717) is 12.2 Å². The third-order valence-corrected chi connectivity index (χ3v) is 3.46. The van der Waals surface area contributed by atoms with E-state index < -0.39 is 0 Å². The third kappa shape index (κ3) is 5.79. The summed E-state index contributed by atoms with van der Waals surface area (Å²) < 4.78 is 13.1. The molecular weight excluding hydrogens is 309 g/mol. The van der Waals surface area contributed by atoms with Crippen LogP contribution in [0.4, 0.5) is 10.2 Å². The molecule has 0 aliphatic heterocycles. The summed E-state index contributed by atoms with van der Waals surface area (Å²) in [4.78, 5) is 27.8. The van der Waals surface area contributed by atoms with E-state index in [0.717, 1.165) is 5.56 Å². The molecule has 0 fully saturated rings. The van der Waals surface area contributed by atoms with Gasteiger partial charge in [0.25, 0.3) is 0 Å². The highest BCUT2D eigenvalue weighted by molar-refractivity contribution is 5.90. The first-order chi connectivity index (χ1) is 11.5. The van der Waals surface area contributed by atoms with Crippen molar-refractivity contribution >= 4 is 17.6 Å². The minimum absolute atomic E-state index is 0.162. The van der Waals surface area contributed by atoms with Crippen molar-refractivity contribution in [2.75, 3.05) is 11.9 Å². The van der Waals surface area contributed by atoms with Crippen molar-refractivity contribution in [1.82, 2.24) is 10.3 Å². The maximum Gasteiger partial charge on any atom is 0.227 e. The number of amides is 2.